The van der Waals surface area contributed by atoms with Gasteiger partial charge in [0.05, 0.1) is 18.0 Å². The summed E-state index contributed by atoms with van der Waals surface area (Å²) in [7, 11) is 0. The highest BCUT2D eigenvalue weighted by molar-refractivity contribution is 5.98. The monoisotopic (exact) mass is 304 g/mol. The van der Waals surface area contributed by atoms with Crippen molar-refractivity contribution in [1.82, 2.24) is 4.90 Å². The summed E-state index contributed by atoms with van der Waals surface area (Å²) >= 11 is 0. The lowest BCUT2D eigenvalue weighted by Crippen LogP contribution is -2.38. The summed E-state index contributed by atoms with van der Waals surface area (Å²) in [4.78, 5) is 22.9. The van der Waals surface area contributed by atoms with Gasteiger partial charge in [-0.05, 0) is 13.0 Å². The number of Topliss-reactive ketones (excluding diaryl/α,β-unsaturated/α-hetero) is 1. The van der Waals surface area contributed by atoms with Crippen molar-refractivity contribution in [3.8, 4) is 0 Å². The Morgan fingerprint density at radius 3 is 2.57 bits per heavy atom. The van der Waals surface area contributed by atoms with E-state index in [-0.39, 0.29) is 17.8 Å². The molecule has 0 aliphatic carbocycles. The van der Waals surface area contributed by atoms with Gasteiger partial charge in [-0.2, -0.15) is 13.2 Å². The number of carbonyl (C=O) groups excluding carboxylic acids is 1. The molecule has 0 aliphatic heterocycles. The Morgan fingerprint density at radius 2 is 2.05 bits per heavy atom. The first-order valence-electron chi connectivity index (χ1n) is 6.29. The molecule has 0 spiro atoms. The Kier molecular flexibility index (Phi) is 5.83. The minimum atomic E-state index is -4.39. The molecule has 1 rings (SSSR count). The lowest BCUT2D eigenvalue weighted by molar-refractivity contribution is -0.384. The van der Waals surface area contributed by atoms with Gasteiger partial charge in [0.1, 0.15) is 0 Å². The molecular formula is C13H15F3N2O3. The van der Waals surface area contributed by atoms with Gasteiger partial charge in [0.25, 0.3) is 5.69 Å². The van der Waals surface area contributed by atoms with E-state index in [1.54, 1.807) is 6.92 Å². The molecule has 0 aliphatic rings. The van der Waals surface area contributed by atoms with E-state index in [1.807, 2.05) is 0 Å². The van der Waals surface area contributed by atoms with E-state index in [2.05, 4.69) is 0 Å². The number of ketones is 1. The molecule has 8 heteroatoms. The lowest BCUT2D eigenvalue weighted by atomic mass is 10.1. The smallest absolute Gasteiger partial charge is 0.293 e. The molecule has 0 atom stereocenters. The number of rotatable bonds is 7. The molecule has 0 amide bonds. The van der Waals surface area contributed by atoms with E-state index in [9.17, 15) is 28.1 Å². The third-order valence-electron chi connectivity index (χ3n) is 2.69. The quantitative estimate of drug-likeness (QED) is 0.441. The van der Waals surface area contributed by atoms with Crippen LogP contribution in [0.5, 0.6) is 0 Å². The van der Waals surface area contributed by atoms with Gasteiger partial charge in [0, 0.05) is 17.7 Å². The lowest BCUT2D eigenvalue weighted by Gasteiger charge is -2.22. The molecule has 0 fully saturated rings. The van der Waals surface area contributed by atoms with Crippen LogP contribution in [0.25, 0.3) is 0 Å². The Labute approximate surface area is 119 Å². The SMILES string of the molecule is CCCN(CC(=O)c1cccc([N+](=O)[O-])c1)CC(F)(F)F. The molecule has 0 radical (unpaired) electrons. The number of nitrogens with zero attached hydrogens (tertiary/aromatic N) is 2. The maximum Gasteiger partial charge on any atom is 0.401 e. The molecule has 0 N–H and O–H groups in total. The summed E-state index contributed by atoms with van der Waals surface area (Å²) in [5, 5.41) is 10.6. The number of hydrogen-bond acceptors (Lipinski definition) is 4. The third-order valence-corrected chi connectivity index (χ3v) is 2.69. The van der Waals surface area contributed by atoms with E-state index >= 15 is 0 Å². The van der Waals surface area contributed by atoms with E-state index in [0.29, 0.717) is 6.42 Å². The van der Waals surface area contributed by atoms with Crippen molar-refractivity contribution in [3.63, 3.8) is 0 Å². The molecule has 0 heterocycles. The normalized spacial score (nSPS) is 11.7. The van der Waals surface area contributed by atoms with Crippen LogP contribution in [0, 0.1) is 10.1 Å². The van der Waals surface area contributed by atoms with Crippen molar-refractivity contribution in [2.45, 2.75) is 19.5 Å². The number of nitro groups is 1. The highest BCUT2D eigenvalue weighted by Gasteiger charge is 2.31. The van der Waals surface area contributed by atoms with Crippen LogP contribution in [0.4, 0.5) is 18.9 Å². The van der Waals surface area contributed by atoms with Gasteiger partial charge in [-0.15, -0.1) is 0 Å². The van der Waals surface area contributed by atoms with Crippen molar-refractivity contribution in [2.24, 2.45) is 0 Å². The molecular weight excluding hydrogens is 289 g/mol. The van der Waals surface area contributed by atoms with Crippen LogP contribution in [0.1, 0.15) is 23.7 Å². The molecule has 0 saturated heterocycles. The minimum absolute atomic E-state index is 0.0347. The van der Waals surface area contributed by atoms with Crippen LogP contribution >= 0.6 is 0 Å². The van der Waals surface area contributed by atoms with Gasteiger partial charge in [-0.3, -0.25) is 19.8 Å². The first-order chi connectivity index (χ1) is 9.73. The number of alkyl halides is 3. The highest BCUT2D eigenvalue weighted by atomic mass is 19.4. The van der Waals surface area contributed by atoms with E-state index in [0.717, 1.165) is 11.0 Å². The fourth-order valence-corrected chi connectivity index (χ4v) is 1.87. The summed E-state index contributed by atoms with van der Waals surface area (Å²) in [6, 6.07) is 4.97. The van der Waals surface area contributed by atoms with Crippen molar-refractivity contribution in [3.05, 3.63) is 39.9 Å². The Hall–Kier alpha value is -1.96. The molecule has 0 bridgehead atoms. The predicted molar refractivity (Wildman–Crippen MR) is 70.2 cm³/mol. The second-order valence-corrected chi connectivity index (χ2v) is 4.56. The third kappa shape index (κ3) is 5.90. The molecule has 116 valence electrons. The molecule has 21 heavy (non-hydrogen) atoms. The zero-order valence-corrected chi connectivity index (χ0v) is 11.4. The fraction of sp³-hybridized carbons (Fsp3) is 0.462. The van der Waals surface area contributed by atoms with E-state index in [4.69, 9.17) is 0 Å². The summed E-state index contributed by atoms with van der Waals surface area (Å²) in [6.45, 7) is 0.234. The van der Waals surface area contributed by atoms with E-state index < -0.39 is 30.0 Å². The maximum atomic E-state index is 12.4. The maximum absolute atomic E-state index is 12.4. The Balaban J connectivity index is 2.81. The van der Waals surface area contributed by atoms with Gasteiger partial charge >= 0.3 is 6.18 Å². The molecule has 1 aromatic rings. The summed E-state index contributed by atoms with van der Waals surface area (Å²) < 4.78 is 37.2. The predicted octanol–water partition coefficient (Wildman–Crippen LogP) is 3.05. The number of benzene rings is 1. The standard InChI is InChI=1S/C13H15F3N2O3/c1-2-6-17(9-13(14,15)16)8-12(19)10-4-3-5-11(7-10)18(20)21/h3-5,7H,2,6,8-9H2,1H3. The Bertz CT molecular complexity index is 518. The van der Waals surface area contributed by atoms with Crippen LogP contribution in [-0.2, 0) is 0 Å². The van der Waals surface area contributed by atoms with Gasteiger partial charge in [0.15, 0.2) is 5.78 Å². The van der Waals surface area contributed by atoms with Crippen LogP contribution in [0.15, 0.2) is 24.3 Å². The van der Waals surface area contributed by atoms with Gasteiger partial charge in [0.2, 0.25) is 0 Å². The Morgan fingerprint density at radius 1 is 1.38 bits per heavy atom. The van der Waals surface area contributed by atoms with Crippen molar-refractivity contribution in [2.75, 3.05) is 19.6 Å². The first kappa shape index (κ1) is 17.1. The van der Waals surface area contributed by atoms with Crippen molar-refractivity contribution < 1.29 is 22.9 Å². The van der Waals surface area contributed by atoms with Gasteiger partial charge in [-0.1, -0.05) is 19.1 Å². The highest BCUT2D eigenvalue weighted by Crippen LogP contribution is 2.18. The second kappa shape index (κ2) is 7.16. The molecule has 5 nitrogen and oxygen atoms in total. The number of carbonyl (C=O) groups is 1. The molecule has 1 aromatic carbocycles. The number of hydrogen-bond donors (Lipinski definition) is 0. The van der Waals surface area contributed by atoms with Crippen LogP contribution in [0.2, 0.25) is 0 Å². The largest absolute Gasteiger partial charge is 0.401 e. The molecule has 0 aromatic heterocycles. The number of non-ortho nitro benzene ring substituents is 1. The topological polar surface area (TPSA) is 63.5 Å². The summed E-state index contributed by atoms with van der Waals surface area (Å²) in [5.41, 5.74) is -0.230. The van der Waals surface area contributed by atoms with Crippen LogP contribution < -0.4 is 0 Å². The molecule has 0 saturated carbocycles. The second-order valence-electron chi connectivity index (χ2n) is 4.56. The average molecular weight is 304 g/mol. The van der Waals surface area contributed by atoms with E-state index in [1.165, 1.54) is 18.2 Å². The summed E-state index contributed by atoms with van der Waals surface area (Å²) in [5.74, 6) is -0.573. The van der Waals surface area contributed by atoms with Crippen LogP contribution in [0.3, 0.4) is 0 Å². The van der Waals surface area contributed by atoms with Gasteiger partial charge < -0.3 is 0 Å². The van der Waals surface area contributed by atoms with Crippen molar-refractivity contribution >= 4 is 11.5 Å². The summed E-state index contributed by atoms with van der Waals surface area (Å²) in [6.07, 6.45) is -3.92. The minimum Gasteiger partial charge on any atom is -0.293 e. The van der Waals surface area contributed by atoms with Crippen LogP contribution in [-0.4, -0.2) is 41.4 Å². The number of nitro benzene ring substituents is 1. The zero-order chi connectivity index (χ0) is 16.0. The first-order valence-corrected chi connectivity index (χ1v) is 6.29. The van der Waals surface area contributed by atoms with Gasteiger partial charge in [-0.25, -0.2) is 0 Å². The molecule has 0 unspecified atom stereocenters. The number of halogens is 3. The average Bonchev–Trinajstić information content (AvgIpc) is 2.37. The zero-order valence-electron chi connectivity index (χ0n) is 11.4. The fourth-order valence-electron chi connectivity index (χ4n) is 1.87. The van der Waals surface area contributed by atoms with Crippen molar-refractivity contribution in [1.29, 1.82) is 0 Å².